The SMILES string of the molecule is c1ccc2cc3c(cc2c1)N1CCCN2CCCN3C21. The van der Waals surface area contributed by atoms with E-state index >= 15 is 0 Å². The summed E-state index contributed by atoms with van der Waals surface area (Å²) in [4.78, 5) is 7.88. The second-order valence-electron chi connectivity index (χ2n) is 6.16. The Morgan fingerprint density at radius 3 is 1.85 bits per heavy atom. The summed E-state index contributed by atoms with van der Waals surface area (Å²) in [6.45, 7) is 4.91. The Bertz CT molecular complexity index is 624. The molecule has 0 aliphatic carbocycles. The first-order valence-electron chi connectivity index (χ1n) is 7.72. The third kappa shape index (κ3) is 1.33. The molecule has 2 aromatic carbocycles. The third-order valence-electron chi connectivity index (χ3n) is 5.03. The lowest BCUT2D eigenvalue weighted by Crippen LogP contribution is -2.62. The zero-order valence-electron chi connectivity index (χ0n) is 11.6. The minimum absolute atomic E-state index is 0.490. The largest absolute Gasteiger partial charge is 0.337 e. The van der Waals surface area contributed by atoms with Crippen molar-refractivity contribution in [1.29, 1.82) is 0 Å². The number of nitrogens with zero attached hydrogens (tertiary/aromatic N) is 3. The van der Waals surface area contributed by atoms with Gasteiger partial charge in [0.1, 0.15) is 0 Å². The molecule has 3 aliphatic heterocycles. The number of hydrogen-bond donors (Lipinski definition) is 0. The Morgan fingerprint density at radius 2 is 1.30 bits per heavy atom. The predicted octanol–water partition coefficient (Wildman–Crippen LogP) is 2.86. The van der Waals surface area contributed by atoms with E-state index in [-0.39, 0.29) is 0 Å². The van der Waals surface area contributed by atoms with Crippen LogP contribution in [-0.4, -0.2) is 37.4 Å². The van der Waals surface area contributed by atoms with Crippen LogP contribution in [-0.2, 0) is 0 Å². The minimum Gasteiger partial charge on any atom is -0.337 e. The summed E-state index contributed by atoms with van der Waals surface area (Å²) in [6, 6.07) is 13.5. The maximum atomic E-state index is 2.65. The first-order chi connectivity index (χ1) is 9.92. The molecule has 3 aliphatic rings. The van der Waals surface area contributed by atoms with Gasteiger partial charge in [0, 0.05) is 26.2 Å². The predicted molar refractivity (Wildman–Crippen MR) is 83.2 cm³/mol. The van der Waals surface area contributed by atoms with Gasteiger partial charge in [0.2, 0.25) is 0 Å². The summed E-state index contributed by atoms with van der Waals surface area (Å²) in [6.07, 6.45) is 3.07. The maximum absolute atomic E-state index is 2.65. The van der Waals surface area contributed by atoms with E-state index in [9.17, 15) is 0 Å². The van der Waals surface area contributed by atoms with Crippen LogP contribution in [0.1, 0.15) is 12.8 Å². The second-order valence-corrected chi connectivity index (χ2v) is 6.16. The van der Waals surface area contributed by atoms with Crippen LogP contribution < -0.4 is 9.80 Å². The zero-order chi connectivity index (χ0) is 13.1. The van der Waals surface area contributed by atoms with E-state index in [2.05, 4.69) is 51.1 Å². The molecule has 102 valence electrons. The van der Waals surface area contributed by atoms with Gasteiger partial charge in [-0.25, -0.2) is 0 Å². The van der Waals surface area contributed by atoms with Gasteiger partial charge in [-0.1, -0.05) is 24.3 Å². The molecule has 5 rings (SSSR count). The Kier molecular flexibility index (Phi) is 2.13. The molecule has 20 heavy (non-hydrogen) atoms. The molecule has 0 N–H and O–H groups in total. The Balaban J connectivity index is 1.74. The van der Waals surface area contributed by atoms with Crippen molar-refractivity contribution >= 4 is 22.1 Å². The first kappa shape index (κ1) is 11.0. The van der Waals surface area contributed by atoms with Crippen molar-refractivity contribution in [2.45, 2.75) is 19.1 Å². The van der Waals surface area contributed by atoms with E-state index in [1.807, 2.05) is 0 Å². The van der Waals surface area contributed by atoms with Crippen molar-refractivity contribution in [3.63, 3.8) is 0 Å². The first-order valence-corrected chi connectivity index (χ1v) is 7.72. The monoisotopic (exact) mass is 265 g/mol. The van der Waals surface area contributed by atoms with Crippen LogP contribution in [0.25, 0.3) is 10.8 Å². The van der Waals surface area contributed by atoms with E-state index in [1.165, 1.54) is 61.2 Å². The summed E-state index contributed by atoms with van der Waals surface area (Å²) in [5.41, 5.74) is 2.89. The lowest BCUT2D eigenvalue weighted by Gasteiger charge is -2.47. The van der Waals surface area contributed by atoms with Crippen LogP contribution in [0, 0.1) is 0 Å². The average Bonchev–Trinajstić information content (AvgIpc) is 2.82. The normalized spacial score (nSPS) is 22.2. The number of rotatable bonds is 0. The highest BCUT2D eigenvalue weighted by molar-refractivity contribution is 5.94. The molecular weight excluding hydrogens is 246 g/mol. The van der Waals surface area contributed by atoms with Crippen LogP contribution >= 0.6 is 0 Å². The summed E-state index contributed by atoms with van der Waals surface area (Å²) in [7, 11) is 0. The number of anilines is 2. The Labute approximate surface area is 119 Å². The van der Waals surface area contributed by atoms with E-state index in [0.29, 0.717) is 6.29 Å². The molecule has 2 saturated heterocycles. The minimum atomic E-state index is 0.490. The van der Waals surface area contributed by atoms with Crippen molar-refractivity contribution in [3.8, 4) is 0 Å². The maximum Gasteiger partial charge on any atom is 0.160 e. The molecule has 0 bridgehead atoms. The van der Waals surface area contributed by atoms with Crippen LogP contribution in [0.4, 0.5) is 11.4 Å². The zero-order valence-corrected chi connectivity index (χ0v) is 11.6. The molecule has 0 amide bonds. The molecule has 0 aromatic heterocycles. The van der Waals surface area contributed by atoms with E-state index in [4.69, 9.17) is 0 Å². The molecule has 3 heterocycles. The molecule has 3 nitrogen and oxygen atoms in total. The number of benzene rings is 2. The van der Waals surface area contributed by atoms with Gasteiger partial charge < -0.3 is 9.80 Å². The average molecular weight is 265 g/mol. The van der Waals surface area contributed by atoms with Crippen LogP contribution in [0.15, 0.2) is 36.4 Å². The Hall–Kier alpha value is -1.74. The quantitative estimate of drug-likeness (QED) is 0.725. The van der Waals surface area contributed by atoms with Gasteiger partial charge in [0.05, 0.1) is 11.4 Å². The Morgan fingerprint density at radius 1 is 0.750 bits per heavy atom. The molecule has 0 atom stereocenters. The standard InChI is InChI=1S/C17H19N3/c1-2-6-14-12-16-15(11-13(14)5-1)19-9-3-7-18-8-4-10-20(16)17(18)19/h1-2,5-6,11-12,17H,3-4,7-10H2. The molecule has 0 saturated carbocycles. The van der Waals surface area contributed by atoms with E-state index in [0.717, 1.165) is 0 Å². The summed E-state index contributed by atoms with van der Waals surface area (Å²) < 4.78 is 0. The van der Waals surface area contributed by atoms with Gasteiger partial charge in [-0.2, -0.15) is 0 Å². The van der Waals surface area contributed by atoms with Crippen molar-refractivity contribution < 1.29 is 0 Å². The fraction of sp³-hybridized carbons (Fsp3) is 0.412. The van der Waals surface area contributed by atoms with Gasteiger partial charge in [-0.3, -0.25) is 4.90 Å². The second kappa shape index (κ2) is 3.89. The summed E-state index contributed by atoms with van der Waals surface area (Å²) in [5, 5.41) is 2.73. The lowest BCUT2D eigenvalue weighted by molar-refractivity contribution is 0.137. The molecule has 3 heteroatoms. The molecule has 0 spiro atoms. The highest BCUT2D eigenvalue weighted by atomic mass is 15.6. The number of fused-ring (bicyclic) bond motifs is 4. The van der Waals surface area contributed by atoms with Crippen molar-refractivity contribution in [1.82, 2.24) is 4.90 Å². The van der Waals surface area contributed by atoms with Gasteiger partial charge >= 0.3 is 0 Å². The highest BCUT2D eigenvalue weighted by Crippen LogP contribution is 2.45. The van der Waals surface area contributed by atoms with Gasteiger partial charge in [-0.15, -0.1) is 0 Å². The van der Waals surface area contributed by atoms with Crippen molar-refractivity contribution in [2.75, 3.05) is 36.0 Å². The third-order valence-corrected chi connectivity index (χ3v) is 5.03. The van der Waals surface area contributed by atoms with Gasteiger partial charge in [0.25, 0.3) is 0 Å². The fourth-order valence-corrected chi connectivity index (χ4v) is 4.19. The van der Waals surface area contributed by atoms with Crippen LogP contribution in [0.2, 0.25) is 0 Å². The van der Waals surface area contributed by atoms with Gasteiger partial charge in [-0.05, 0) is 35.7 Å². The van der Waals surface area contributed by atoms with Crippen LogP contribution in [0.5, 0.6) is 0 Å². The van der Waals surface area contributed by atoms with E-state index < -0.39 is 0 Å². The molecule has 0 radical (unpaired) electrons. The van der Waals surface area contributed by atoms with Crippen molar-refractivity contribution in [3.05, 3.63) is 36.4 Å². The topological polar surface area (TPSA) is 9.72 Å². The molecule has 0 unspecified atom stereocenters. The summed E-state index contributed by atoms with van der Waals surface area (Å²) >= 11 is 0. The molecule has 2 aromatic rings. The highest BCUT2D eigenvalue weighted by Gasteiger charge is 2.43. The van der Waals surface area contributed by atoms with Gasteiger partial charge in [0.15, 0.2) is 6.29 Å². The lowest BCUT2D eigenvalue weighted by atomic mass is 10.1. The van der Waals surface area contributed by atoms with Crippen molar-refractivity contribution in [2.24, 2.45) is 0 Å². The molecule has 2 fully saturated rings. The molecular formula is C17H19N3. The van der Waals surface area contributed by atoms with E-state index in [1.54, 1.807) is 0 Å². The summed E-state index contributed by atoms with van der Waals surface area (Å²) in [5.74, 6) is 0. The number of hydrogen-bond acceptors (Lipinski definition) is 3. The fourth-order valence-electron chi connectivity index (χ4n) is 4.19. The van der Waals surface area contributed by atoms with Crippen LogP contribution in [0.3, 0.4) is 0 Å². The smallest absolute Gasteiger partial charge is 0.160 e.